The Morgan fingerprint density at radius 3 is 2.86 bits per heavy atom. The van der Waals surface area contributed by atoms with Gasteiger partial charge in [-0.05, 0) is 19.1 Å². The molecule has 0 amide bonds. The van der Waals surface area contributed by atoms with Crippen LogP contribution in [0.1, 0.15) is 17.3 Å². The minimum atomic E-state index is 0.524. The number of nitrogens with zero attached hydrogens (tertiary/aromatic N) is 3. The van der Waals surface area contributed by atoms with E-state index in [-0.39, 0.29) is 0 Å². The van der Waals surface area contributed by atoms with Crippen LogP contribution in [0.15, 0.2) is 28.8 Å². The highest BCUT2D eigenvalue weighted by atomic mass is 35.5. The van der Waals surface area contributed by atoms with Gasteiger partial charge in [0.25, 0.3) is 0 Å². The lowest BCUT2D eigenvalue weighted by molar-refractivity contribution is 0.373. The van der Waals surface area contributed by atoms with Crippen molar-refractivity contribution in [1.82, 2.24) is 14.7 Å². The predicted octanol–water partition coefficient (Wildman–Crippen LogP) is 3.17. The molecule has 2 heterocycles. The molecule has 3 aromatic rings. The summed E-state index contributed by atoms with van der Waals surface area (Å²) >= 11 is 5.89. The first-order valence-electron chi connectivity index (χ1n) is 6.72. The maximum atomic E-state index is 5.89. The standard InChI is InChI=1S/C15H16ClN3O2/c1-10-7-12(21-18-10)9-19-14-4-3-11(20-2)8-13(14)17-15(19)5-6-16/h3-4,7-8H,5-6,9H2,1-2H3. The van der Waals surface area contributed by atoms with Crippen LogP contribution < -0.4 is 4.74 Å². The zero-order valence-corrected chi connectivity index (χ0v) is 12.7. The van der Waals surface area contributed by atoms with E-state index in [4.69, 9.17) is 20.9 Å². The van der Waals surface area contributed by atoms with Crippen molar-refractivity contribution in [1.29, 1.82) is 0 Å². The van der Waals surface area contributed by atoms with Crippen molar-refractivity contribution in [2.45, 2.75) is 19.9 Å². The smallest absolute Gasteiger partial charge is 0.156 e. The molecule has 0 spiro atoms. The molecule has 21 heavy (non-hydrogen) atoms. The van der Waals surface area contributed by atoms with E-state index >= 15 is 0 Å². The Balaban J connectivity index is 2.06. The zero-order chi connectivity index (χ0) is 14.8. The molecule has 0 aliphatic carbocycles. The van der Waals surface area contributed by atoms with Gasteiger partial charge in [-0.3, -0.25) is 0 Å². The van der Waals surface area contributed by atoms with Crippen LogP contribution in [0.2, 0.25) is 0 Å². The van der Waals surface area contributed by atoms with Crippen LogP contribution in [0.5, 0.6) is 5.75 Å². The van der Waals surface area contributed by atoms with Crippen molar-refractivity contribution in [3.8, 4) is 5.75 Å². The summed E-state index contributed by atoms with van der Waals surface area (Å²) in [7, 11) is 1.65. The second-order valence-corrected chi connectivity index (χ2v) is 5.22. The van der Waals surface area contributed by atoms with Gasteiger partial charge in [-0.2, -0.15) is 0 Å². The lowest BCUT2D eigenvalue weighted by Gasteiger charge is -2.06. The molecule has 1 aromatic carbocycles. The van der Waals surface area contributed by atoms with E-state index in [1.807, 2.05) is 31.2 Å². The minimum absolute atomic E-state index is 0.524. The number of rotatable bonds is 5. The summed E-state index contributed by atoms with van der Waals surface area (Å²) in [5.41, 5.74) is 2.80. The third kappa shape index (κ3) is 2.74. The van der Waals surface area contributed by atoms with Crippen LogP contribution in [0, 0.1) is 6.92 Å². The number of fused-ring (bicyclic) bond motifs is 1. The average Bonchev–Trinajstić information content (AvgIpc) is 3.04. The van der Waals surface area contributed by atoms with Gasteiger partial charge in [0.05, 0.1) is 30.4 Å². The fourth-order valence-electron chi connectivity index (χ4n) is 2.38. The van der Waals surface area contributed by atoms with Gasteiger partial charge < -0.3 is 13.8 Å². The zero-order valence-electron chi connectivity index (χ0n) is 12.0. The fourth-order valence-corrected chi connectivity index (χ4v) is 2.55. The summed E-state index contributed by atoms with van der Waals surface area (Å²) in [6, 6.07) is 7.79. The van der Waals surface area contributed by atoms with E-state index < -0.39 is 0 Å². The van der Waals surface area contributed by atoms with E-state index in [1.54, 1.807) is 7.11 Å². The van der Waals surface area contributed by atoms with Crippen molar-refractivity contribution in [3.63, 3.8) is 0 Å². The molecule has 2 aromatic heterocycles. The molecule has 0 fully saturated rings. The highest BCUT2D eigenvalue weighted by Crippen LogP contribution is 2.23. The van der Waals surface area contributed by atoms with E-state index in [9.17, 15) is 0 Å². The number of hydrogen-bond donors (Lipinski definition) is 0. The number of halogens is 1. The van der Waals surface area contributed by atoms with Gasteiger partial charge in [0.2, 0.25) is 0 Å². The van der Waals surface area contributed by atoms with Crippen LogP contribution in [0.3, 0.4) is 0 Å². The Hall–Kier alpha value is -2.01. The van der Waals surface area contributed by atoms with Gasteiger partial charge in [0, 0.05) is 24.4 Å². The summed E-state index contributed by atoms with van der Waals surface area (Å²) in [6.45, 7) is 2.50. The molecule has 0 unspecified atom stereocenters. The first-order chi connectivity index (χ1) is 10.2. The monoisotopic (exact) mass is 305 g/mol. The lowest BCUT2D eigenvalue weighted by atomic mass is 10.3. The highest BCUT2D eigenvalue weighted by Gasteiger charge is 2.13. The van der Waals surface area contributed by atoms with E-state index in [1.165, 1.54) is 0 Å². The van der Waals surface area contributed by atoms with Crippen molar-refractivity contribution in [3.05, 3.63) is 41.5 Å². The van der Waals surface area contributed by atoms with Crippen molar-refractivity contribution < 1.29 is 9.26 Å². The average molecular weight is 306 g/mol. The summed E-state index contributed by atoms with van der Waals surface area (Å²) in [6.07, 6.45) is 0.700. The molecule has 0 aliphatic rings. The molecule has 6 heteroatoms. The predicted molar refractivity (Wildman–Crippen MR) is 81.1 cm³/mol. The molecule has 0 saturated heterocycles. The first kappa shape index (κ1) is 13.9. The van der Waals surface area contributed by atoms with Crippen LogP contribution in [0.4, 0.5) is 0 Å². The van der Waals surface area contributed by atoms with Crippen molar-refractivity contribution in [2.24, 2.45) is 0 Å². The number of methoxy groups -OCH3 is 1. The molecule has 0 saturated carbocycles. The van der Waals surface area contributed by atoms with Gasteiger partial charge in [-0.15, -0.1) is 11.6 Å². The van der Waals surface area contributed by atoms with E-state index in [0.29, 0.717) is 18.8 Å². The Morgan fingerprint density at radius 1 is 1.33 bits per heavy atom. The summed E-state index contributed by atoms with van der Waals surface area (Å²) in [5.74, 6) is 3.05. The Kier molecular flexibility index (Phi) is 3.84. The van der Waals surface area contributed by atoms with E-state index in [0.717, 1.165) is 34.1 Å². The second-order valence-electron chi connectivity index (χ2n) is 4.84. The largest absolute Gasteiger partial charge is 0.497 e. The quantitative estimate of drug-likeness (QED) is 0.679. The van der Waals surface area contributed by atoms with Gasteiger partial charge in [0.1, 0.15) is 11.6 Å². The van der Waals surface area contributed by atoms with Crippen molar-refractivity contribution >= 4 is 22.6 Å². The third-order valence-corrected chi connectivity index (χ3v) is 3.53. The van der Waals surface area contributed by atoms with Crippen LogP contribution in [-0.2, 0) is 13.0 Å². The van der Waals surface area contributed by atoms with Crippen LogP contribution in [0.25, 0.3) is 11.0 Å². The molecule has 0 aliphatic heterocycles. The van der Waals surface area contributed by atoms with E-state index in [2.05, 4.69) is 14.7 Å². The maximum Gasteiger partial charge on any atom is 0.156 e. The maximum absolute atomic E-state index is 5.89. The SMILES string of the molecule is COc1ccc2c(c1)nc(CCCl)n2Cc1cc(C)no1. The van der Waals surface area contributed by atoms with Gasteiger partial charge in [-0.1, -0.05) is 5.16 Å². The molecule has 0 radical (unpaired) electrons. The molecule has 5 nitrogen and oxygen atoms in total. The fraction of sp³-hybridized carbons (Fsp3) is 0.333. The number of alkyl halides is 1. The normalized spacial score (nSPS) is 11.2. The number of aromatic nitrogens is 3. The number of benzene rings is 1. The minimum Gasteiger partial charge on any atom is -0.497 e. The summed E-state index contributed by atoms with van der Waals surface area (Å²) in [5, 5.41) is 3.93. The first-order valence-corrected chi connectivity index (χ1v) is 7.26. The molecule has 0 atom stereocenters. The Labute approximate surface area is 127 Å². The number of ether oxygens (including phenoxy) is 1. The summed E-state index contributed by atoms with van der Waals surface area (Å²) < 4.78 is 12.7. The van der Waals surface area contributed by atoms with Crippen LogP contribution in [-0.4, -0.2) is 27.7 Å². The van der Waals surface area contributed by atoms with Crippen LogP contribution >= 0.6 is 11.6 Å². The molecule has 3 rings (SSSR count). The second kappa shape index (κ2) is 5.77. The Morgan fingerprint density at radius 2 is 2.19 bits per heavy atom. The molecular weight excluding hydrogens is 290 g/mol. The molecule has 110 valence electrons. The third-order valence-electron chi connectivity index (χ3n) is 3.34. The highest BCUT2D eigenvalue weighted by molar-refractivity contribution is 6.17. The number of hydrogen-bond acceptors (Lipinski definition) is 4. The van der Waals surface area contributed by atoms with Gasteiger partial charge >= 0.3 is 0 Å². The lowest BCUT2D eigenvalue weighted by Crippen LogP contribution is -2.05. The Bertz CT molecular complexity index is 763. The molecule has 0 bridgehead atoms. The van der Waals surface area contributed by atoms with Crippen molar-refractivity contribution in [2.75, 3.05) is 13.0 Å². The number of aryl methyl sites for hydroxylation is 2. The summed E-state index contributed by atoms with van der Waals surface area (Å²) in [4.78, 5) is 4.65. The number of imidazole rings is 1. The topological polar surface area (TPSA) is 53.1 Å². The molecule has 0 N–H and O–H groups in total. The van der Waals surface area contributed by atoms with Gasteiger partial charge in [-0.25, -0.2) is 4.98 Å². The molecular formula is C15H16ClN3O2. The van der Waals surface area contributed by atoms with Gasteiger partial charge in [0.15, 0.2) is 5.76 Å².